The molecule has 0 bridgehead atoms. The summed E-state index contributed by atoms with van der Waals surface area (Å²) in [6.45, 7) is 0. The van der Waals surface area contributed by atoms with Crippen molar-refractivity contribution in [2.75, 3.05) is 5.32 Å². The van der Waals surface area contributed by atoms with Crippen molar-refractivity contribution in [1.29, 1.82) is 0 Å². The van der Waals surface area contributed by atoms with Gasteiger partial charge in [0, 0.05) is 11.2 Å². The minimum atomic E-state index is -0.282. The van der Waals surface area contributed by atoms with Crippen LogP contribution in [0.2, 0.25) is 10.0 Å². The summed E-state index contributed by atoms with van der Waals surface area (Å²) in [6, 6.07) is 10.4. The summed E-state index contributed by atoms with van der Waals surface area (Å²) in [5.74, 6) is -0.282. The molecule has 3 aromatic rings. The number of hydrogen-bond acceptors (Lipinski definition) is 2. The van der Waals surface area contributed by atoms with Gasteiger partial charge in [0.05, 0.1) is 28.0 Å². The number of amides is 1. The molecule has 0 radical (unpaired) electrons. The fraction of sp³-hybridized carbons (Fsp3) is 0. The number of anilines is 1. The lowest BCUT2D eigenvalue weighted by atomic mass is 10.2. The van der Waals surface area contributed by atoms with E-state index in [1.807, 2.05) is 0 Å². The molecule has 4 nitrogen and oxygen atoms in total. The highest BCUT2D eigenvalue weighted by Crippen LogP contribution is 2.22. The third-order valence-electron chi connectivity index (χ3n) is 2.85. The van der Waals surface area contributed by atoms with Crippen molar-refractivity contribution >= 4 is 40.3 Å². The van der Waals surface area contributed by atoms with Crippen LogP contribution in [0.5, 0.6) is 0 Å². The van der Waals surface area contributed by atoms with Gasteiger partial charge >= 0.3 is 0 Å². The Kier molecular flexibility index (Phi) is 3.34. The van der Waals surface area contributed by atoms with Gasteiger partial charge in [-0.2, -0.15) is 5.10 Å². The Bertz CT molecular complexity index is 798. The SMILES string of the molecule is O=C(Nc1ccccc1Cl)c1cnn2ccc(Cl)cc12. The van der Waals surface area contributed by atoms with Crippen molar-refractivity contribution in [2.24, 2.45) is 0 Å². The van der Waals surface area contributed by atoms with Crippen LogP contribution in [-0.2, 0) is 0 Å². The van der Waals surface area contributed by atoms with E-state index in [0.29, 0.717) is 26.8 Å². The van der Waals surface area contributed by atoms with E-state index in [2.05, 4.69) is 10.4 Å². The quantitative estimate of drug-likeness (QED) is 0.780. The molecule has 0 aliphatic rings. The Hall–Kier alpha value is -2.04. The molecule has 2 aromatic heterocycles. The van der Waals surface area contributed by atoms with E-state index < -0.39 is 0 Å². The second kappa shape index (κ2) is 5.15. The molecule has 0 aliphatic heterocycles. The van der Waals surface area contributed by atoms with Gasteiger partial charge in [0.15, 0.2) is 0 Å². The Morgan fingerprint density at radius 3 is 2.80 bits per heavy atom. The van der Waals surface area contributed by atoms with Crippen LogP contribution in [-0.4, -0.2) is 15.5 Å². The molecule has 0 unspecified atom stereocenters. The van der Waals surface area contributed by atoms with Crippen molar-refractivity contribution in [3.8, 4) is 0 Å². The molecule has 0 saturated heterocycles. The second-order valence-electron chi connectivity index (χ2n) is 4.17. The van der Waals surface area contributed by atoms with Crippen LogP contribution in [0.1, 0.15) is 10.4 Å². The predicted molar refractivity (Wildman–Crippen MR) is 79.6 cm³/mol. The van der Waals surface area contributed by atoms with E-state index in [1.165, 1.54) is 6.20 Å². The Morgan fingerprint density at radius 1 is 1.20 bits per heavy atom. The molecular formula is C14H9Cl2N3O. The Balaban J connectivity index is 1.97. The molecule has 0 saturated carbocycles. The van der Waals surface area contributed by atoms with Crippen LogP contribution in [0.15, 0.2) is 48.8 Å². The van der Waals surface area contributed by atoms with Gasteiger partial charge in [0.2, 0.25) is 0 Å². The number of para-hydroxylation sites is 1. The molecule has 0 spiro atoms. The first-order chi connectivity index (χ1) is 9.65. The molecule has 100 valence electrons. The molecule has 1 amide bonds. The van der Waals surface area contributed by atoms with Gasteiger partial charge in [0.1, 0.15) is 0 Å². The maximum atomic E-state index is 12.3. The van der Waals surface area contributed by atoms with Gasteiger partial charge in [0.25, 0.3) is 5.91 Å². The van der Waals surface area contributed by atoms with Crippen molar-refractivity contribution < 1.29 is 4.79 Å². The first-order valence-corrected chi connectivity index (χ1v) is 6.59. The molecule has 0 fully saturated rings. The smallest absolute Gasteiger partial charge is 0.259 e. The molecule has 2 heterocycles. The maximum Gasteiger partial charge on any atom is 0.259 e. The number of nitrogens with one attached hydrogen (secondary N) is 1. The van der Waals surface area contributed by atoms with E-state index in [4.69, 9.17) is 23.2 Å². The van der Waals surface area contributed by atoms with Crippen molar-refractivity contribution in [3.63, 3.8) is 0 Å². The van der Waals surface area contributed by atoms with E-state index in [0.717, 1.165) is 0 Å². The molecule has 6 heteroatoms. The highest BCUT2D eigenvalue weighted by Gasteiger charge is 2.14. The highest BCUT2D eigenvalue weighted by atomic mass is 35.5. The zero-order valence-corrected chi connectivity index (χ0v) is 11.7. The lowest BCUT2D eigenvalue weighted by molar-refractivity contribution is 0.102. The Morgan fingerprint density at radius 2 is 2.00 bits per heavy atom. The summed E-state index contributed by atoms with van der Waals surface area (Å²) in [6.07, 6.45) is 3.20. The molecule has 20 heavy (non-hydrogen) atoms. The predicted octanol–water partition coefficient (Wildman–Crippen LogP) is 3.89. The van der Waals surface area contributed by atoms with Crippen molar-refractivity contribution in [1.82, 2.24) is 9.61 Å². The van der Waals surface area contributed by atoms with Gasteiger partial charge in [-0.05, 0) is 24.3 Å². The number of rotatable bonds is 2. The number of carbonyl (C=O) groups excluding carboxylic acids is 1. The Labute approximate surface area is 124 Å². The number of fused-ring (bicyclic) bond motifs is 1. The van der Waals surface area contributed by atoms with Crippen LogP contribution < -0.4 is 5.32 Å². The zero-order valence-electron chi connectivity index (χ0n) is 10.2. The van der Waals surface area contributed by atoms with Gasteiger partial charge in [-0.15, -0.1) is 0 Å². The summed E-state index contributed by atoms with van der Waals surface area (Å²) >= 11 is 12.0. The van der Waals surface area contributed by atoms with Gasteiger partial charge in [-0.25, -0.2) is 4.52 Å². The van der Waals surface area contributed by atoms with Crippen LogP contribution in [0, 0.1) is 0 Å². The minimum absolute atomic E-state index is 0.282. The summed E-state index contributed by atoms with van der Waals surface area (Å²) < 4.78 is 1.59. The number of nitrogens with zero attached hydrogens (tertiary/aromatic N) is 2. The average Bonchev–Trinajstić information content (AvgIpc) is 2.84. The lowest BCUT2D eigenvalue weighted by Crippen LogP contribution is -2.11. The molecule has 3 rings (SSSR count). The first kappa shape index (κ1) is 13.0. The first-order valence-electron chi connectivity index (χ1n) is 5.84. The van der Waals surface area contributed by atoms with Crippen LogP contribution in [0.4, 0.5) is 5.69 Å². The standard InChI is InChI=1S/C14H9Cl2N3O/c15-9-5-6-19-13(7-9)10(8-17-19)14(20)18-12-4-2-1-3-11(12)16/h1-8H,(H,18,20). The van der Waals surface area contributed by atoms with E-state index in [1.54, 1.807) is 47.1 Å². The van der Waals surface area contributed by atoms with Gasteiger partial charge in [-0.1, -0.05) is 35.3 Å². The summed E-state index contributed by atoms with van der Waals surface area (Å²) in [5, 5.41) is 7.89. The maximum absolute atomic E-state index is 12.3. The molecular weight excluding hydrogens is 297 g/mol. The highest BCUT2D eigenvalue weighted by molar-refractivity contribution is 6.34. The normalized spacial score (nSPS) is 10.7. The van der Waals surface area contributed by atoms with E-state index in [-0.39, 0.29) is 5.91 Å². The fourth-order valence-corrected chi connectivity index (χ4v) is 2.22. The zero-order chi connectivity index (χ0) is 14.1. The van der Waals surface area contributed by atoms with E-state index in [9.17, 15) is 4.79 Å². The third-order valence-corrected chi connectivity index (χ3v) is 3.41. The summed E-state index contributed by atoms with van der Waals surface area (Å²) in [4.78, 5) is 12.3. The number of aromatic nitrogens is 2. The van der Waals surface area contributed by atoms with Gasteiger partial charge < -0.3 is 5.32 Å². The van der Waals surface area contributed by atoms with E-state index >= 15 is 0 Å². The average molecular weight is 306 g/mol. The third kappa shape index (κ3) is 2.35. The molecule has 1 aromatic carbocycles. The number of hydrogen-bond donors (Lipinski definition) is 1. The number of halogens is 2. The number of pyridine rings is 1. The largest absolute Gasteiger partial charge is 0.321 e. The fourth-order valence-electron chi connectivity index (χ4n) is 1.88. The molecule has 1 N–H and O–H groups in total. The van der Waals surface area contributed by atoms with Gasteiger partial charge in [-0.3, -0.25) is 4.79 Å². The summed E-state index contributed by atoms with van der Waals surface area (Å²) in [5.41, 5.74) is 1.63. The second-order valence-corrected chi connectivity index (χ2v) is 5.01. The van der Waals surface area contributed by atoms with Crippen molar-refractivity contribution in [2.45, 2.75) is 0 Å². The van der Waals surface area contributed by atoms with Crippen LogP contribution in [0.25, 0.3) is 5.52 Å². The van der Waals surface area contributed by atoms with Crippen molar-refractivity contribution in [3.05, 3.63) is 64.4 Å². The molecule has 0 atom stereocenters. The monoisotopic (exact) mass is 305 g/mol. The summed E-state index contributed by atoms with van der Waals surface area (Å²) in [7, 11) is 0. The van der Waals surface area contributed by atoms with Crippen LogP contribution in [0.3, 0.4) is 0 Å². The topological polar surface area (TPSA) is 46.4 Å². The van der Waals surface area contributed by atoms with Crippen LogP contribution >= 0.6 is 23.2 Å². The minimum Gasteiger partial charge on any atom is -0.321 e. The molecule has 0 aliphatic carbocycles. The number of benzene rings is 1. The number of carbonyl (C=O) groups is 1. The lowest BCUT2D eigenvalue weighted by Gasteiger charge is -2.05.